The molecule has 6 rings (SSSR count). The smallest absolute Gasteiger partial charge is 0.335 e. The molecule has 4 nitrogen and oxygen atoms in total. The van der Waals surface area contributed by atoms with Crippen LogP contribution in [-0.2, 0) is 0 Å². The highest BCUT2D eigenvalue weighted by Crippen LogP contribution is 2.45. The van der Waals surface area contributed by atoms with Gasteiger partial charge in [-0.25, -0.2) is 4.79 Å². The van der Waals surface area contributed by atoms with Gasteiger partial charge in [0.15, 0.2) is 0 Å². The van der Waals surface area contributed by atoms with Gasteiger partial charge in [0.2, 0.25) is 0 Å². The minimum atomic E-state index is -0.832. The van der Waals surface area contributed by atoms with Crippen LogP contribution in [0.4, 0.5) is 0 Å². The van der Waals surface area contributed by atoms with Crippen LogP contribution in [0.3, 0.4) is 0 Å². The van der Waals surface area contributed by atoms with Crippen molar-refractivity contribution in [2.24, 2.45) is 0 Å². The van der Waals surface area contributed by atoms with Crippen LogP contribution >= 0.6 is 12.4 Å². The Morgan fingerprint density at radius 1 is 0.973 bits per heavy atom. The number of ether oxygens (including phenoxy) is 1. The second-order valence-electron chi connectivity index (χ2n) is 10.2. The molecule has 190 valence electrons. The van der Waals surface area contributed by atoms with Crippen molar-refractivity contribution in [3.8, 4) is 5.75 Å². The van der Waals surface area contributed by atoms with Crippen molar-refractivity contribution in [2.45, 2.75) is 50.2 Å². The fraction of sp³-hybridized carbons (Fsp3) is 0.281. The molecule has 0 spiro atoms. The van der Waals surface area contributed by atoms with Gasteiger partial charge >= 0.3 is 5.97 Å². The lowest BCUT2D eigenvalue weighted by atomic mass is 9.82. The van der Waals surface area contributed by atoms with Crippen molar-refractivity contribution in [1.82, 2.24) is 5.32 Å². The van der Waals surface area contributed by atoms with Gasteiger partial charge in [-0.3, -0.25) is 0 Å². The number of carbonyl (C=O) groups is 1. The van der Waals surface area contributed by atoms with E-state index in [0.29, 0.717) is 18.0 Å². The zero-order chi connectivity index (χ0) is 24.6. The van der Waals surface area contributed by atoms with E-state index in [-0.39, 0.29) is 30.5 Å². The fourth-order valence-corrected chi connectivity index (χ4v) is 5.71. The third-order valence-electron chi connectivity index (χ3n) is 7.76. The van der Waals surface area contributed by atoms with Crippen molar-refractivity contribution in [1.29, 1.82) is 0 Å². The van der Waals surface area contributed by atoms with Crippen molar-refractivity contribution in [3.63, 3.8) is 0 Å². The molecule has 1 saturated carbocycles. The van der Waals surface area contributed by atoms with E-state index in [4.69, 9.17) is 4.74 Å². The summed E-state index contributed by atoms with van der Waals surface area (Å²) in [7, 11) is 0. The second kappa shape index (κ2) is 10.6. The fourth-order valence-electron chi connectivity index (χ4n) is 5.71. The van der Waals surface area contributed by atoms with Crippen LogP contribution in [0.25, 0.3) is 10.8 Å². The molecule has 1 aliphatic heterocycles. The molecular formula is C32H32ClNO3. The number of fused-ring (bicyclic) bond motifs is 2. The summed E-state index contributed by atoms with van der Waals surface area (Å²) in [5.41, 5.74) is 4.90. The van der Waals surface area contributed by atoms with Crippen molar-refractivity contribution >= 4 is 29.1 Å². The molecule has 2 aliphatic rings. The van der Waals surface area contributed by atoms with Crippen molar-refractivity contribution < 1.29 is 14.6 Å². The maximum absolute atomic E-state index is 12.1. The molecule has 0 amide bonds. The number of hydrogen-bond acceptors (Lipinski definition) is 3. The van der Waals surface area contributed by atoms with E-state index < -0.39 is 5.97 Å². The molecule has 1 aliphatic carbocycles. The number of halogens is 1. The Bertz CT molecular complexity index is 1430. The van der Waals surface area contributed by atoms with Crippen LogP contribution in [0.15, 0.2) is 84.9 Å². The van der Waals surface area contributed by atoms with E-state index in [1.54, 1.807) is 0 Å². The molecule has 0 bridgehead atoms. The first-order valence-electron chi connectivity index (χ1n) is 12.9. The normalized spacial score (nSPS) is 19.4. The molecule has 0 saturated heterocycles. The third kappa shape index (κ3) is 5.09. The Balaban J connectivity index is 0.00000280. The van der Waals surface area contributed by atoms with E-state index in [9.17, 15) is 9.90 Å². The number of para-hydroxylation sites is 1. The first-order chi connectivity index (χ1) is 17.6. The predicted octanol–water partition coefficient (Wildman–Crippen LogP) is 7.47. The van der Waals surface area contributed by atoms with E-state index in [1.807, 2.05) is 30.3 Å². The third-order valence-corrected chi connectivity index (χ3v) is 7.76. The molecule has 4 aromatic carbocycles. The van der Waals surface area contributed by atoms with Gasteiger partial charge < -0.3 is 15.2 Å². The summed E-state index contributed by atoms with van der Waals surface area (Å²) >= 11 is 0. The van der Waals surface area contributed by atoms with Crippen LogP contribution in [-0.4, -0.2) is 23.7 Å². The number of carboxylic acid groups (broad SMARTS) is 1. The minimum absolute atomic E-state index is 0. The average Bonchev–Trinajstić information content (AvgIpc) is 3.76. The van der Waals surface area contributed by atoms with Gasteiger partial charge in [0.25, 0.3) is 0 Å². The van der Waals surface area contributed by atoms with Crippen LogP contribution in [0.5, 0.6) is 5.75 Å². The summed E-state index contributed by atoms with van der Waals surface area (Å²) < 4.78 is 6.43. The first kappa shape index (κ1) is 25.3. The second-order valence-corrected chi connectivity index (χ2v) is 10.2. The molecule has 2 N–H and O–H groups in total. The van der Waals surface area contributed by atoms with E-state index in [2.05, 4.69) is 66.8 Å². The van der Waals surface area contributed by atoms with E-state index >= 15 is 0 Å². The number of rotatable bonds is 7. The Hall–Kier alpha value is -3.34. The zero-order valence-corrected chi connectivity index (χ0v) is 21.7. The lowest BCUT2D eigenvalue weighted by Crippen LogP contribution is -2.37. The van der Waals surface area contributed by atoms with E-state index in [0.717, 1.165) is 41.7 Å². The number of benzene rings is 4. The van der Waals surface area contributed by atoms with Crippen LogP contribution in [0.1, 0.15) is 76.7 Å². The number of carboxylic acids is 1. The monoisotopic (exact) mass is 513 g/mol. The Morgan fingerprint density at radius 3 is 2.54 bits per heavy atom. The minimum Gasteiger partial charge on any atom is -0.489 e. The maximum Gasteiger partial charge on any atom is 0.335 e. The van der Waals surface area contributed by atoms with Crippen LogP contribution in [0.2, 0.25) is 0 Å². The summed E-state index contributed by atoms with van der Waals surface area (Å²) in [5.74, 6) is 0.559. The maximum atomic E-state index is 12.1. The molecule has 37 heavy (non-hydrogen) atoms. The number of aromatic carboxylic acids is 1. The van der Waals surface area contributed by atoms with Crippen molar-refractivity contribution in [2.75, 3.05) is 6.54 Å². The van der Waals surface area contributed by atoms with Gasteiger partial charge in [-0.2, -0.15) is 0 Å². The van der Waals surface area contributed by atoms with Gasteiger partial charge in [0, 0.05) is 24.1 Å². The van der Waals surface area contributed by atoms with E-state index in [1.165, 1.54) is 16.3 Å². The van der Waals surface area contributed by atoms with Crippen LogP contribution < -0.4 is 10.1 Å². The molecule has 4 aromatic rings. The van der Waals surface area contributed by atoms with Gasteiger partial charge in [0.1, 0.15) is 11.9 Å². The number of nitrogens with one attached hydrogen (secondary N) is 1. The lowest BCUT2D eigenvalue weighted by Gasteiger charge is -2.33. The molecule has 3 atom stereocenters. The molecule has 0 unspecified atom stereocenters. The summed E-state index contributed by atoms with van der Waals surface area (Å²) in [4.78, 5) is 12.1. The highest BCUT2D eigenvalue weighted by molar-refractivity contribution is 5.90. The summed E-state index contributed by atoms with van der Waals surface area (Å²) in [6, 6.07) is 29.4. The zero-order valence-electron chi connectivity index (χ0n) is 20.9. The van der Waals surface area contributed by atoms with Gasteiger partial charge in [-0.05, 0) is 71.7 Å². The molecular weight excluding hydrogens is 482 g/mol. The highest BCUT2D eigenvalue weighted by atomic mass is 35.5. The Morgan fingerprint density at radius 2 is 1.73 bits per heavy atom. The van der Waals surface area contributed by atoms with Gasteiger partial charge in [-0.15, -0.1) is 12.4 Å². The summed E-state index contributed by atoms with van der Waals surface area (Å²) in [5, 5.41) is 16.1. The predicted molar refractivity (Wildman–Crippen MR) is 150 cm³/mol. The summed E-state index contributed by atoms with van der Waals surface area (Å²) in [6.45, 7) is 2.91. The number of hydrogen-bond donors (Lipinski definition) is 2. The quantitative estimate of drug-likeness (QED) is 0.269. The SMILES string of the molecule is C[C@@H](NC[C@H]1C[C@H](c2ccc(C3CC3)c(C(=O)O)c2)c2ccccc2O1)c1cccc2ccccc12.Cl. The molecule has 1 heterocycles. The molecule has 0 aromatic heterocycles. The molecule has 5 heteroatoms. The standard InChI is InChI=1S/C32H31NO3.ClH/c1-20(25-11-6-8-21-7-2-3-9-26(21)25)33-19-24-18-29(28-10-4-5-12-31(28)36-24)23-15-16-27(22-13-14-22)30(17-23)32(34)35;/h2-12,15-17,20,22,24,29,33H,13-14,18-19H2,1H3,(H,34,35);1H/t20-,24-,29-;/m1./s1. The molecule has 0 radical (unpaired) electrons. The van der Waals surface area contributed by atoms with Gasteiger partial charge in [-0.1, -0.05) is 72.8 Å². The Kier molecular flexibility index (Phi) is 7.23. The van der Waals surface area contributed by atoms with Crippen molar-refractivity contribution in [3.05, 3.63) is 113 Å². The lowest BCUT2D eigenvalue weighted by molar-refractivity contribution is 0.0695. The first-order valence-corrected chi connectivity index (χ1v) is 12.9. The Labute approximate surface area is 224 Å². The molecule has 1 fully saturated rings. The largest absolute Gasteiger partial charge is 0.489 e. The van der Waals surface area contributed by atoms with Crippen LogP contribution in [0, 0.1) is 0 Å². The van der Waals surface area contributed by atoms with Gasteiger partial charge in [0.05, 0.1) is 5.56 Å². The topological polar surface area (TPSA) is 58.6 Å². The summed E-state index contributed by atoms with van der Waals surface area (Å²) in [6.07, 6.45) is 2.96. The highest BCUT2D eigenvalue weighted by Gasteiger charge is 2.32. The average molecular weight is 514 g/mol.